The van der Waals surface area contributed by atoms with E-state index in [-0.39, 0.29) is 18.1 Å². The quantitative estimate of drug-likeness (QED) is 0.595. The van der Waals surface area contributed by atoms with Crippen LogP contribution in [0.1, 0.15) is 16.1 Å². The monoisotopic (exact) mass is 430 g/mol. The van der Waals surface area contributed by atoms with Gasteiger partial charge in [-0.2, -0.15) is 0 Å². The fourth-order valence-corrected chi connectivity index (χ4v) is 2.66. The number of aliphatic carboxylic acids is 1. The fraction of sp³-hybridized carbons (Fsp3) is 0.111. The fourth-order valence-electron chi connectivity index (χ4n) is 2.28. The van der Waals surface area contributed by atoms with Crippen molar-refractivity contribution in [3.63, 3.8) is 0 Å². The molecule has 1 aromatic heterocycles. The normalized spacial score (nSPS) is 10.4. The first-order chi connectivity index (χ1) is 13.0. The molecular weight excluding hydrogens is 416 g/mol. The maximum absolute atomic E-state index is 12.3. The molecule has 2 aromatic carbocycles. The van der Waals surface area contributed by atoms with Gasteiger partial charge in [-0.25, -0.2) is 9.48 Å². The highest BCUT2D eigenvalue weighted by Crippen LogP contribution is 2.15. The Hall–Kier alpha value is -3.20. The zero-order valence-electron chi connectivity index (χ0n) is 14.0. The number of carbonyl (C=O) groups is 2. The number of hydrogen-bond acceptors (Lipinski definition) is 5. The lowest BCUT2D eigenvalue weighted by molar-refractivity contribution is -0.139. The van der Waals surface area contributed by atoms with Crippen molar-refractivity contribution in [1.82, 2.24) is 20.3 Å². The summed E-state index contributed by atoms with van der Waals surface area (Å²) in [5.74, 6) is -1.000. The summed E-state index contributed by atoms with van der Waals surface area (Å²) >= 11 is 3.39. The van der Waals surface area contributed by atoms with Gasteiger partial charge < -0.3 is 15.2 Å². The van der Waals surface area contributed by atoms with Crippen LogP contribution in [0.25, 0.3) is 5.69 Å². The number of nitrogens with zero attached hydrogens (tertiary/aromatic N) is 3. The molecule has 0 unspecified atom stereocenters. The van der Waals surface area contributed by atoms with Crippen LogP contribution < -0.4 is 10.1 Å². The molecule has 3 rings (SSSR count). The van der Waals surface area contributed by atoms with Gasteiger partial charge in [-0.15, -0.1) is 5.10 Å². The largest absolute Gasteiger partial charge is 0.482 e. The zero-order chi connectivity index (χ0) is 19.2. The van der Waals surface area contributed by atoms with Crippen LogP contribution in [-0.4, -0.2) is 38.6 Å². The number of aromatic nitrogens is 3. The summed E-state index contributed by atoms with van der Waals surface area (Å²) in [6.45, 7) is -0.179. The molecular formula is C18H15BrN4O4. The van der Waals surface area contributed by atoms with E-state index in [0.717, 1.165) is 15.7 Å². The molecule has 0 spiro atoms. The predicted octanol–water partition coefficient (Wildman–Crippen LogP) is 2.42. The molecule has 2 N–H and O–H groups in total. The van der Waals surface area contributed by atoms with E-state index >= 15 is 0 Å². The number of carboxylic acids is 1. The summed E-state index contributed by atoms with van der Waals surface area (Å²) in [4.78, 5) is 22.8. The molecule has 0 bridgehead atoms. The van der Waals surface area contributed by atoms with Crippen molar-refractivity contribution in [2.75, 3.05) is 6.61 Å². The van der Waals surface area contributed by atoms with E-state index in [4.69, 9.17) is 9.84 Å². The summed E-state index contributed by atoms with van der Waals surface area (Å²) in [7, 11) is 0. The van der Waals surface area contributed by atoms with E-state index in [1.165, 1.54) is 4.68 Å². The highest BCUT2D eigenvalue weighted by Gasteiger charge is 2.12. The van der Waals surface area contributed by atoms with Crippen molar-refractivity contribution in [2.24, 2.45) is 0 Å². The first-order valence-electron chi connectivity index (χ1n) is 7.91. The standard InChI is InChI=1S/C18H15BrN4O4/c19-13-4-2-5-14(8-13)23-10-16(21-22-23)18(26)20-9-12-3-1-6-15(7-12)27-11-17(24)25/h1-8,10H,9,11H2,(H,20,26)(H,24,25). The van der Waals surface area contributed by atoms with Crippen LogP contribution in [-0.2, 0) is 11.3 Å². The van der Waals surface area contributed by atoms with Crippen LogP contribution in [0.4, 0.5) is 0 Å². The summed E-state index contributed by atoms with van der Waals surface area (Å²) in [5.41, 5.74) is 1.73. The topological polar surface area (TPSA) is 106 Å². The molecule has 27 heavy (non-hydrogen) atoms. The highest BCUT2D eigenvalue weighted by atomic mass is 79.9. The molecule has 0 radical (unpaired) electrons. The van der Waals surface area contributed by atoms with Gasteiger partial charge in [-0.1, -0.05) is 39.3 Å². The lowest BCUT2D eigenvalue weighted by atomic mass is 10.2. The Labute approximate surface area is 162 Å². The summed E-state index contributed by atoms with van der Waals surface area (Å²) < 4.78 is 7.53. The van der Waals surface area contributed by atoms with Crippen LogP contribution in [0.2, 0.25) is 0 Å². The molecule has 1 amide bonds. The Morgan fingerprint density at radius 2 is 2.00 bits per heavy atom. The van der Waals surface area contributed by atoms with Gasteiger partial charge in [0.25, 0.3) is 5.91 Å². The molecule has 0 atom stereocenters. The minimum atomic E-state index is -1.05. The van der Waals surface area contributed by atoms with E-state index in [0.29, 0.717) is 5.75 Å². The van der Waals surface area contributed by atoms with Crippen molar-refractivity contribution in [1.29, 1.82) is 0 Å². The third-order valence-electron chi connectivity index (χ3n) is 3.51. The molecule has 0 aliphatic heterocycles. The molecule has 0 aliphatic carbocycles. The first kappa shape index (κ1) is 18.6. The van der Waals surface area contributed by atoms with Gasteiger partial charge >= 0.3 is 5.97 Å². The summed E-state index contributed by atoms with van der Waals surface area (Å²) in [5, 5.41) is 19.3. The van der Waals surface area contributed by atoms with E-state index in [9.17, 15) is 9.59 Å². The van der Waals surface area contributed by atoms with Gasteiger partial charge in [0.15, 0.2) is 12.3 Å². The Morgan fingerprint density at radius 1 is 1.19 bits per heavy atom. The van der Waals surface area contributed by atoms with E-state index in [1.54, 1.807) is 30.5 Å². The maximum atomic E-state index is 12.3. The minimum Gasteiger partial charge on any atom is -0.482 e. The second-order valence-corrected chi connectivity index (χ2v) is 6.46. The number of carboxylic acid groups (broad SMARTS) is 1. The van der Waals surface area contributed by atoms with E-state index in [2.05, 4.69) is 31.6 Å². The Balaban J connectivity index is 1.61. The molecule has 1 heterocycles. The molecule has 0 saturated carbocycles. The Bertz CT molecular complexity index is 973. The van der Waals surface area contributed by atoms with Crippen LogP contribution in [0, 0.1) is 0 Å². The number of amides is 1. The number of halogens is 1. The number of carbonyl (C=O) groups excluding carboxylic acids is 1. The van der Waals surface area contributed by atoms with Crippen molar-refractivity contribution in [3.05, 3.63) is 70.5 Å². The molecule has 3 aromatic rings. The van der Waals surface area contributed by atoms with Crippen molar-refractivity contribution < 1.29 is 19.4 Å². The lowest BCUT2D eigenvalue weighted by Gasteiger charge is -2.07. The van der Waals surface area contributed by atoms with Gasteiger partial charge in [0.2, 0.25) is 0 Å². The van der Waals surface area contributed by atoms with Gasteiger partial charge in [-0.3, -0.25) is 4.79 Å². The average molecular weight is 431 g/mol. The average Bonchev–Trinajstić information content (AvgIpc) is 3.15. The molecule has 9 heteroatoms. The van der Waals surface area contributed by atoms with Crippen LogP contribution in [0.3, 0.4) is 0 Å². The second kappa shape index (κ2) is 8.45. The van der Waals surface area contributed by atoms with E-state index < -0.39 is 12.6 Å². The smallest absolute Gasteiger partial charge is 0.341 e. The SMILES string of the molecule is O=C(O)COc1cccc(CNC(=O)c2cn(-c3cccc(Br)c3)nn2)c1. The summed E-state index contributed by atoms with van der Waals surface area (Å²) in [6.07, 6.45) is 1.55. The van der Waals surface area contributed by atoms with Crippen LogP contribution >= 0.6 is 15.9 Å². The Morgan fingerprint density at radius 3 is 2.78 bits per heavy atom. The molecule has 0 fully saturated rings. The third-order valence-corrected chi connectivity index (χ3v) is 4.01. The predicted molar refractivity (Wildman–Crippen MR) is 99.8 cm³/mol. The zero-order valence-corrected chi connectivity index (χ0v) is 15.6. The van der Waals surface area contributed by atoms with Gasteiger partial charge in [-0.05, 0) is 35.9 Å². The van der Waals surface area contributed by atoms with E-state index in [1.807, 2.05) is 24.3 Å². The highest BCUT2D eigenvalue weighted by molar-refractivity contribution is 9.10. The number of benzene rings is 2. The lowest BCUT2D eigenvalue weighted by Crippen LogP contribution is -2.23. The third kappa shape index (κ3) is 5.14. The number of ether oxygens (including phenoxy) is 1. The molecule has 0 aliphatic rings. The van der Waals surface area contributed by atoms with Gasteiger partial charge in [0.05, 0.1) is 11.9 Å². The minimum absolute atomic E-state index is 0.188. The van der Waals surface area contributed by atoms with Crippen molar-refractivity contribution in [3.8, 4) is 11.4 Å². The summed E-state index contributed by atoms with van der Waals surface area (Å²) in [6, 6.07) is 14.3. The van der Waals surface area contributed by atoms with Crippen LogP contribution in [0.15, 0.2) is 59.2 Å². The molecule has 138 valence electrons. The first-order valence-corrected chi connectivity index (χ1v) is 8.70. The number of nitrogens with one attached hydrogen (secondary N) is 1. The van der Waals surface area contributed by atoms with Crippen LogP contribution in [0.5, 0.6) is 5.75 Å². The molecule has 8 nitrogen and oxygen atoms in total. The maximum Gasteiger partial charge on any atom is 0.341 e. The van der Waals surface area contributed by atoms with Gasteiger partial charge in [0, 0.05) is 11.0 Å². The number of hydrogen-bond donors (Lipinski definition) is 2. The Kier molecular flexibility index (Phi) is 5.82. The van der Waals surface area contributed by atoms with Crippen molar-refractivity contribution in [2.45, 2.75) is 6.54 Å². The van der Waals surface area contributed by atoms with Crippen molar-refractivity contribution >= 4 is 27.8 Å². The second-order valence-electron chi connectivity index (χ2n) is 5.54. The van der Waals surface area contributed by atoms with Gasteiger partial charge in [0.1, 0.15) is 5.75 Å². The molecule has 0 saturated heterocycles. The number of rotatable bonds is 7.